The summed E-state index contributed by atoms with van der Waals surface area (Å²) in [5.41, 5.74) is 1.79. The van der Waals surface area contributed by atoms with Crippen LogP contribution in [0.15, 0.2) is 36.7 Å². The van der Waals surface area contributed by atoms with Crippen LogP contribution in [0.4, 0.5) is 11.4 Å². The van der Waals surface area contributed by atoms with E-state index in [0.29, 0.717) is 11.3 Å². The number of hydrogen-bond acceptors (Lipinski definition) is 4. The maximum absolute atomic E-state index is 12.2. The number of hydrogen-bond donors (Lipinski definition) is 2. The molecule has 1 atom stereocenters. The third-order valence-corrected chi connectivity index (χ3v) is 3.31. The molecular formula is C17H21N5O. The molecule has 6 heteroatoms. The summed E-state index contributed by atoms with van der Waals surface area (Å²) in [6.45, 7) is 7.95. The number of rotatable bonds is 4. The van der Waals surface area contributed by atoms with E-state index >= 15 is 0 Å². The van der Waals surface area contributed by atoms with Gasteiger partial charge in [-0.05, 0) is 45.9 Å². The molecule has 0 radical (unpaired) electrons. The van der Waals surface area contributed by atoms with Crippen molar-refractivity contribution >= 4 is 17.3 Å². The number of carbonyl (C=O) groups excluding carboxylic acids is 1. The molecular weight excluding hydrogens is 290 g/mol. The van der Waals surface area contributed by atoms with E-state index in [1.807, 2.05) is 16.9 Å². The molecule has 0 aliphatic heterocycles. The van der Waals surface area contributed by atoms with Crippen molar-refractivity contribution in [2.45, 2.75) is 39.3 Å². The Labute approximate surface area is 136 Å². The van der Waals surface area contributed by atoms with Gasteiger partial charge >= 0.3 is 0 Å². The van der Waals surface area contributed by atoms with Crippen molar-refractivity contribution in [3.05, 3.63) is 42.2 Å². The molecule has 6 nitrogen and oxygen atoms in total. The van der Waals surface area contributed by atoms with Gasteiger partial charge in [-0.2, -0.15) is 10.4 Å². The second-order valence-corrected chi connectivity index (χ2v) is 6.39. The second kappa shape index (κ2) is 6.53. The number of anilines is 2. The molecule has 23 heavy (non-hydrogen) atoms. The van der Waals surface area contributed by atoms with Crippen LogP contribution in [-0.4, -0.2) is 21.7 Å². The van der Waals surface area contributed by atoms with E-state index in [2.05, 4.69) is 36.5 Å². The zero-order valence-corrected chi connectivity index (χ0v) is 13.8. The minimum Gasteiger partial charge on any atom is -0.371 e. The molecule has 0 aliphatic rings. The Kier molecular flexibility index (Phi) is 4.70. The average Bonchev–Trinajstić information content (AvgIpc) is 2.96. The number of aromatic nitrogens is 2. The molecule has 120 valence electrons. The topological polar surface area (TPSA) is 82.7 Å². The molecule has 1 unspecified atom stereocenters. The van der Waals surface area contributed by atoms with Gasteiger partial charge in [0.25, 0.3) is 0 Å². The zero-order chi connectivity index (χ0) is 17.0. The van der Waals surface area contributed by atoms with E-state index in [0.717, 1.165) is 5.69 Å². The fourth-order valence-electron chi connectivity index (χ4n) is 2.00. The Hall–Kier alpha value is -2.81. The molecule has 0 fully saturated rings. The van der Waals surface area contributed by atoms with Crippen LogP contribution in [0.3, 0.4) is 0 Å². The molecule has 1 aromatic carbocycles. The first kappa shape index (κ1) is 16.6. The molecule has 0 spiro atoms. The third-order valence-electron chi connectivity index (χ3n) is 3.31. The minimum absolute atomic E-state index is 0.108. The summed E-state index contributed by atoms with van der Waals surface area (Å²) in [4.78, 5) is 12.2. The molecule has 2 N–H and O–H groups in total. The Bertz CT molecular complexity index is 736. The fourth-order valence-corrected chi connectivity index (χ4v) is 2.00. The van der Waals surface area contributed by atoms with Crippen molar-refractivity contribution in [3.63, 3.8) is 0 Å². The molecule has 0 saturated heterocycles. The molecule has 0 bridgehead atoms. The van der Waals surface area contributed by atoms with Crippen molar-refractivity contribution in [1.29, 1.82) is 5.26 Å². The van der Waals surface area contributed by atoms with Crippen molar-refractivity contribution in [2.24, 2.45) is 0 Å². The highest BCUT2D eigenvalue weighted by Gasteiger charge is 2.17. The highest BCUT2D eigenvalue weighted by molar-refractivity contribution is 5.96. The number of amides is 1. The maximum Gasteiger partial charge on any atom is 0.246 e. The maximum atomic E-state index is 12.2. The summed E-state index contributed by atoms with van der Waals surface area (Å²) in [6.07, 6.45) is 3.57. The second-order valence-electron chi connectivity index (χ2n) is 6.39. The van der Waals surface area contributed by atoms with Crippen LogP contribution in [0.1, 0.15) is 33.3 Å². The van der Waals surface area contributed by atoms with Crippen molar-refractivity contribution in [1.82, 2.24) is 9.78 Å². The number of nitrogens with one attached hydrogen (secondary N) is 2. The van der Waals surface area contributed by atoms with Gasteiger partial charge in [-0.15, -0.1) is 0 Å². The highest BCUT2D eigenvalue weighted by Crippen LogP contribution is 2.17. The first-order chi connectivity index (χ1) is 10.8. The summed E-state index contributed by atoms with van der Waals surface area (Å²) >= 11 is 0. The van der Waals surface area contributed by atoms with Crippen LogP contribution in [0, 0.1) is 11.3 Å². The van der Waals surface area contributed by atoms with Crippen LogP contribution in [-0.2, 0) is 10.3 Å². The van der Waals surface area contributed by atoms with Gasteiger partial charge in [-0.1, -0.05) is 6.07 Å². The largest absolute Gasteiger partial charge is 0.371 e. The SMILES string of the molecule is CC(Nc1cnn(C(C)(C)C)c1)C(=O)Nc1cccc(C#N)c1. The van der Waals surface area contributed by atoms with Gasteiger partial charge < -0.3 is 10.6 Å². The molecule has 1 amide bonds. The summed E-state index contributed by atoms with van der Waals surface area (Å²) in [5.74, 6) is -0.177. The van der Waals surface area contributed by atoms with Gasteiger partial charge in [0.15, 0.2) is 0 Å². The van der Waals surface area contributed by atoms with Crippen LogP contribution < -0.4 is 10.6 Å². The monoisotopic (exact) mass is 311 g/mol. The predicted molar refractivity (Wildman–Crippen MR) is 90.1 cm³/mol. The van der Waals surface area contributed by atoms with E-state index in [1.54, 1.807) is 37.4 Å². The lowest BCUT2D eigenvalue weighted by Crippen LogP contribution is -2.31. The Balaban J connectivity index is 2.00. The van der Waals surface area contributed by atoms with Crippen molar-refractivity contribution in [2.75, 3.05) is 10.6 Å². The van der Waals surface area contributed by atoms with Crippen LogP contribution in [0.25, 0.3) is 0 Å². The number of nitrogens with zero attached hydrogens (tertiary/aromatic N) is 3. The molecule has 0 aliphatic carbocycles. The lowest BCUT2D eigenvalue weighted by molar-refractivity contribution is -0.116. The Morgan fingerprint density at radius 2 is 2.09 bits per heavy atom. The summed E-state index contributed by atoms with van der Waals surface area (Å²) < 4.78 is 1.84. The standard InChI is InChI=1S/C17H21N5O/c1-12(20-15-10-19-22(11-15)17(2,3)4)16(23)21-14-7-5-6-13(8-14)9-18/h5-8,10-12,20H,1-4H3,(H,21,23). The van der Waals surface area contributed by atoms with E-state index in [4.69, 9.17) is 5.26 Å². The number of benzene rings is 1. The van der Waals surface area contributed by atoms with E-state index < -0.39 is 6.04 Å². The van der Waals surface area contributed by atoms with Crippen molar-refractivity contribution < 1.29 is 4.79 Å². The molecule has 2 aromatic rings. The van der Waals surface area contributed by atoms with E-state index in [9.17, 15) is 4.79 Å². The van der Waals surface area contributed by atoms with Crippen LogP contribution in [0.5, 0.6) is 0 Å². The average molecular weight is 311 g/mol. The zero-order valence-electron chi connectivity index (χ0n) is 13.8. The molecule has 2 rings (SSSR count). The quantitative estimate of drug-likeness (QED) is 0.909. The first-order valence-electron chi connectivity index (χ1n) is 7.42. The Morgan fingerprint density at radius 1 is 1.35 bits per heavy atom. The fraction of sp³-hybridized carbons (Fsp3) is 0.353. The summed E-state index contributed by atoms with van der Waals surface area (Å²) in [5, 5.41) is 19.1. The van der Waals surface area contributed by atoms with E-state index in [1.165, 1.54) is 0 Å². The normalized spacial score (nSPS) is 12.3. The van der Waals surface area contributed by atoms with Gasteiger partial charge in [-0.25, -0.2) is 0 Å². The lowest BCUT2D eigenvalue weighted by atomic mass is 10.1. The van der Waals surface area contributed by atoms with Crippen LogP contribution >= 0.6 is 0 Å². The molecule has 1 aromatic heterocycles. The van der Waals surface area contributed by atoms with Gasteiger partial charge in [-0.3, -0.25) is 9.48 Å². The van der Waals surface area contributed by atoms with Crippen LogP contribution in [0.2, 0.25) is 0 Å². The van der Waals surface area contributed by atoms with Gasteiger partial charge in [0.1, 0.15) is 6.04 Å². The van der Waals surface area contributed by atoms with Gasteiger partial charge in [0.05, 0.1) is 29.1 Å². The van der Waals surface area contributed by atoms with Gasteiger partial charge in [0.2, 0.25) is 5.91 Å². The minimum atomic E-state index is -0.432. The molecule has 1 heterocycles. The highest BCUT2D eigenvalue weighted by atomic mass is 16.2. The predicted octanol–water partition coefficient (Wildman–Crippen LogP) is 2.95. The third kappa shape index (κ3) is 4.33. The number of carbonyl (C=O) groups is 1. The summed E-state index contributed by atoms with van der Waals surface area (Å²) in [6, 6.07) is 8.44. The summed E-state index contributed by atoms with van der Waals surface area (Å²) in [7, 11) is 0. The smallest absolute Gasteiger partial charge is 0.246 e. The first-order valence-corrected chi connectivity index (χ1v) is 7.42. The molecule has 0 saturated carbocycles. The van der Waals surface area contributed by atoms with E-state index in [-0.39, 0.29) is 11.4 Å². The number of nitriles is 1. The lowest BCUT2D eigenvalue weighted by Gasteiger charge is -2.19. The van der Waals surface area contributed by atoms with Crippen molar-refractivity contribution in [3.8, 4) is 6.07 Å². The Morgan fingerprint density at radius 3 is 2.70 bits per heavy atom. The van der Waals surface area contributed by atoms with Gasteiger partial charge in [0, 0.05) is 11.9 Å².